The summed E-state index contributed by atoms with van der Waals surface area (Å²) in [6, 6.07) is 8.10. The summed E-state index contributed by atoms with van der Waals surface area (Å²) in [6.45, 7) is 3.83. The molecule has 39 heavy (non-hydrogen) atoms. The first kappa shape index (κ1) is 32.1. The summed E-state index contributed by atoms with van der Waals surface area (Å²) in [5.41, 5.74) is 1.14. The summed E-state index contributed by atoms with van der Waals surface area (Å²) in [6.07, 6.45) is 4.44. The highest BCUT2D eigenvalue weighted by Gasteiger charge is 2.30. The molecule has 5 N–H and O–H groups in total. The first-order valence-corrected chi connectivity index (χ1v) is 14.1. The molecule has 218 valence electrons. The molecule has 10 nitrogen and oxygen atoms in total. The third kappa shape index (κ3) is 13.5. The van der Waals surface area contributed by atoms with E-state index in [0.717, 1.165) is 37.7 Å². The average molecular weight is 548 g/mol. The molecule has 0 saturated heterocycles. The highest BCUT2D eigenvalue weighted by molar-refractivity contribution is 5.88. The molecule has 1 fully saturated rings. The fourth-order valence-corrected chi connectivity index (χ4v) is 4.89. The molecule has 3 amide bonds. The van der Waals surface area contributed by atoms with Crippen LogP contribution in [-0.4, -0.2) is 64.9 Å². The molecule has 1 aromatic carbocycles. The average Bonchev–Trinajstić information content (AvgIpc) is 2.89. The summed E-state index contributed by atoms with van der Waals surface area (Å²) in [7, 11) is 0. The maximum atomic E-state index is 12.8. The van der Waals surface area contributed by atoms with Crippen LogP contribution in [0.15, 0.2) is 30.3 Å². The van der Waals surface area contributed by atoms with Crippen LogP contribution in [0.2, 0.25) is 0 Å². The van der Waals surface area contributed by atoms with Crippen LogP contribution in [0.3, 0.4) is 0 Å². The number of nitrogens with one attached hydrogen (secondary N) is 3. The van der Waals surface area contributed by atoms with Crippen molar-refractivity contribution in [3.63, 3.8) is 0 Å². The SMILES string of the molecule is CC(C)OC(=O)NC(CC1CCCCC1)C(O)CC(=O)N[C@@H](CCC(=O)O)C(=O)NCCCc1ccccc1. The zero-order chi connectivity index (χ0) is 28.6. The molecule has 0 radical (unpaired) electrons. The van der Waals surface area contributed by atoms with Crippen molar-refractivity contribution >= 4 is 23.9 Å². The highest BCUT2D eigenvalue weighted by Crippen LogP contribution is 2.28. The van der Waals surface area contributed by atoms with E-state index in [1.165, 1.54) is 6.42 Å². The zero-order valence-electron chi connectivity index (χ0n) is 23.2. The number of ether oxygens (including phenoxy) is 1. The van der Waals surface area contributed by atoms with Crippen molar-refractivity contribution in [3.8, 4) is 0 Å². The quantitative estimate of drug-likeness (QED) is 0.199. The predicted molar refractivity (Wildman–Crippen MR) is 147 cm³/mol. The van der Waals surface area contributed by atoms with Crippen molar-refractivity contribution in [2.45, 2.75) is 109 Å². The minimum Gasteiger partial charge on any atom is -0.481 e. The molecule has 0 bridgehead atoms. The Morgan fingerprint density at radius 3 is 2.36 bits per heavy atom. The second kappa shape index (κ2) is 17.4. The van der Waals surface area contributed by atoms with E-state index in [1.54, 1.807) is 13.8 Å². The topological polar surface area (TPSA) is 154 Å². The van der Waals surface area contributed by atoms with Crippen LogP contribution in [0.25, 0.3) is 0 Å². The smallest absolute Gasteiger partial charge is 0.407 e. The Hall–Kier alpha value is -3.14. The minimum atomic E-state index is -1.19. The van der Waals surface area contributed by atoms with E-state index in [4.69, 9.17) is 9.84 Å². The Morgan fingerprint density at radius 2 is 1.72 bits per heavy atom. The molecule has 3 atom stereocenters. The van der Waals surface area contributed by atoms with Gasteiger partial charge in [0.25, 0.3) is 0 Å². The van der Waals surface area contributed by atoms with Gasteiger partial charge in [-0.1, -0.05) is 62.4 Å². The summed E-state index contributed by atoms with van der Waals surface area (Å²) < 4.78 is 5.18. The van der Waals surface area contributed by atoms with Crippen LogP contribution in [0.4, 0.5) is 4.79 Å². The number of benzene rings is 1. The third-order valence-electron chi connectivity index (χ3n) is 6.90. The summed E-state index contributed by atoms with van der Waals surface area (Å²) in [4.78, 5) is 49.0. The number of rotatable bonds is 16. The standard InChI is InChI=1S/C29H45N3O7/c1-20(2)39-29(38)32-24(18-22-12-7-4-8-13-22)25(33)19-26(34)31-23(15-16-27(35)36)28(37)30-17-9-14-21-10-5-3-6-11-21/h3,5-6,10-11,20,22-25,33H,4,7-9,12-19H2,1-2H3,(H,30,37)(H,31,34)(H,32,38)(H,35,36)/t23-,24?,25?/m0/s1. The second-order valence-electron chi connectivity index (χ2n) is 10.6. The molecule has 0 aromatic heterocycles. The monoisotopic (exact) mass is 547 g/mol. The van der Waals surface area contributed by atoms with Crippen molar-refractivity contribution in [1.82, 2.24) is 16.0 Å². The maximum absolute atomic E-state index is 12.8. The van der Waals surface area contributed by atoms with E-state index in [2.05, 4.69) is 16.0 Å². The number of hydrogen-bond acceptors (Lipinski definition) is 6. The number of carboxylic acids is 1. The fourth-order valence-electron chi connectivity index (χ4n) is 4.89. The number of hydrogen-bond donors (Lipinski definition) is 5. The lowest BCUT2D eigenvalue weighted by atomic mass is 9.83. The Balaban J connectivity index is 1.94. The van der Waals surface area contributed by atoms with E-state index in [1.807, 2.05) is 30.3 Å². The first-order chi connectivity index (χ1) is 18.6. The van der Waals surface area contributed by atoms with E-state index in [0.29, 0.717) is 25.3 Å². The predicted octanol–water partition coefficient (Wildman–Crippen LogP) is 3.31. The number of aliphatic hydroxyl groups excluding tert-OH is 1. The molecule has 2 rings (SSSR count). The molecule has 1 aliphatic carbocycles. The number of alkyl carbamates (subject to hydrolysis) is 1. The molecule has 1 aliphatic rings. The fraction of sp³-hybridized carbons (Fsp3) is 0.655. The van der Waals surface area contributed by atoms with E-state index < -0.39 is 42.1 Å². The normalized spacial score (nSPS) is 16.1. The van der Waals surface area contributed by atoms with Crippen LogP contribution in [-0.2, 0) is 25.5 Å². The van der Waals surface area contributed by atoms with Gasteiger partial charge < -0.3 is 30.9 Å². The lowest BCUT2D eigenvalue weighted by Gasteiger charge is -2.30. The summed E-state index contributed by atoms with van der Waals surface area (Å²) in [5, 5.41) is 28.1. The van der Waals surface area contributed by atoms with Crippen LogP contribution >= 0.6 is 0 Å². The molecule has 10 heteroatoms. The Kier molecular flexibility index (Phi) is 14.3. The first-order valence-electron chi connectivity index (χ1n) is 14.1. The van der Waals surface area contributed by atoms with Crippen LogP contribution in [0.1, 0.15) is 83.6 Å². The van der Waals surface area contributed by atoms with Gasteiger partial charge in [0.15, 0.2) is 0 Å². The van der Waals surface area contributed by atoms with Crippen LogP contribution in [0.5, 0.6) is 0 Å². The second-order valence-corrected chi connectivity index (χ2v) is 10.6. The number of aliphatic carboxylic acids is 1. The molecule has 0 heterocycles. The van der Waals surface area contributed by atoms with Crippen molar-refractivity contribution in [2.75, 3.05) is 6.54 Å². The molecular weight excluding hydrogens is 502 g/mol. The van der Waals surface area contributed by atoms with Crippen LogP contribution in [0, 0.1) is 5.92 Å². The van der Waals surface area contributed by atoms with Crippen molar-refractivity contribution in [1.29, 1.82) is 0 Å². The summed E-state index contributed by atoms with van der Waals surface area (Å²) in [5.74, 6) is -1.81. The van der Waals surface area contributed by atoms with Gasteiger partial charge in [-0.25, -0.2) is 4.79 Å². The van der Waals surface area contributed by atoms with Crippen molar-refractivity contribution in [3.05, 3.63) is 35.9 Å². The lowest BCUT2D eigenvalue weighted by Crippen LogP contribution is -2.50. The van der Waals surface area contributed by atoms with Crippen LogP contribution < -0.4 is 16.0 Å². The van der Waals surface area contributed by atoms with E-state index in [9.17, 15) is 24.3 Å². The molecule has 1 saturated carbocycles. The van der Waals surface area contributed by atoms with Crippen molar-refractivity contribution in [2.24, 2.45) is 5.92 Å². The maximum Gasteiger partial charge on any atom is 0.407 e. The Labute approximate surface area is 231 Å². The highest BCUT2D eigenvalue weighted by atomic mass is 16.6. The van der Waals surface area contributed by atoms with E-state index in [-0.39, 0.29) is 25.4 Å². The van der Waals surface area contributed by atoms with Gasteiger partial charge in [-0.3, -0.25) is 14.4 Å². The number of amides is 3. The molecule has 0 aliphatic heterocycles. The molecule has 2 unspecified atom stereocenters. The number of aliphatic hydroxyl groups is 1. The summed E-state index contributed by atoms with van der Waals surface area (Å²) >= 11 is 0. The molecular formula is C29H45N3O7. The van der Waals surface area contributed by atoms with Crippen molar-refractivity contribution < 1.29 is 34.1 Å². The Morgan fingerprint density at radius 1 is 1.03 bits per heavy atom. The molecule has 1 aromatic rings. The van der Waals surface area contributed by atoms with Gasteiger partial charge >= 0.3 is 12.1 Å². The van der Waals surface area contributed by atoms with Gasteiger partial charge in [-0.2, -0.15) is 0 Å². The number of carbonyl (C=O) groups is 4. The van der Waals surface area contributed by atoms with E-state index >= 15 is 0 Å². The lowest BCUT2D eigenvalue weighted by molar-refractivity contribution is -0.138. The minimum absolute atomic E-state index is 0.0772. The number of aryl methyl sites for hydroxylation is 1. The number of carboxylic acid groups (broad SMARTS) is 1. The largest absolute Gasteiger partial charge is 0.481 e. The van der Waals surface area contributed by atoms with Gasteiger partial charge in [-0.15, -0.1) is 0 Å². The molecule has 0 spiro atoms. The van der Waals surface area contributed by atoms with Gasteiger partial charge in [0.05, 0.1) is 24.7 Å². The van der Waals surface area contributed by atoms with Gasteiger partial charge in [0.2, 0.25) is 11.8 Å². The number of carbonyl (C=O) groups excluding carboxylic acids is 3. The van der Waals surface area contributed by atoms with Gasteiger partial charge in [-0.05, 0) is 51.0 Å². The van der Waals surface area contributed by atoms with Gasteiger partial charge in [0, 0.05) is 13.0 Å². The third-order valence-corrected chi connectivity index (χ3v) is 6.90. The zero-order valence-corrected chi connectivity index (χ0v) is 23.2. The van der Waals surface area contributed by atoms with Gasteiger partial charge in [0.1, 0.15) is 6.04 Å². The Bertz CT molecular complexity index is 903.